The van der Waals surface area contributed by atoms with Gasteiger partial charge in [-0.3, -0.25) is 0 Å². The van der Waals surface area contributed by atoms with Crippen molar-refractivity contribution in [3.63, 3.8) is 0 Å². The van der Waals surface area contributed by atoms with Gasteiger partial charge in [0.05, 0.1) is 17.4 Å². The molecule has 3 aromatic rings. The summed E-state index contributed by atoms with van der Waals surface area (Å²) in [5.41, 5.74) is 10.4. The van der Waals surface area contributed by atoms with Crippen molar-refractivity contribution in [2.24, 2.45) is 5.73 Å². The van der Waals surface area contributed by atoms with Gasteiger partial charge in [0, 0.05) is 5.39 Å². The van der Waals surface area contributed by atoms with Gasteiger partial charge >= 0.3 is 0 Å². The Labute approximate surface area is 112 Å². The van der Waals surface area contributed by atoms with Gasteiger partial charge in [-0.1, -0.05) is 30.3 Å². The molecule has 2 aromatic carbocycles. The number of benzene rings is 2. The van der Waals surface area contributed by atoms with Crippen molar-refractivity contribution in [1.82, 2.24) is 9.78 Å². The van der Waals surface area contributed by atoms with Crippen LogP contribution in [0.25, 0.3) is 16.6 Å². The maximum Gasteiger partial charge on any atom is 0.0741 e. The van der Waals surface area contributed by atoms with E-state index in [0.717, 1.165) is 23.0 Å². The number of aryl methyl sites for hydroxylation is 1. The van der Waals surface area contributed by atoms with Gasteiger partial charge in [0.1, 0.15) is 0 Å². The third kappa shape index (κ3) is 2.13. The quantitative estimate of drug-likeness (QED) is 0.778. The second kappa shape index (κ2) is 4.86. The van der Waals surface area contributed by atoms with E-state index in [0.29, 0.717) is 6.54 Å². The second-order valence-electron chi connectivity index (χ2n) is 4.77. The van der Waals surface area contributed by atoms with Crippen LogP contribution >= 0.6 is 0 Å². The van der Waals surface area contributed by atoms with Crippen LogP contribution in [0, 0.1) is 6.92 Å². The highest BCUT2D eigenvalue weighted by atomic mass is 15.3. The van der Waals surface area contributed by atoms with Gasteiger partial charge in [-0.2, -0.15) is 5.10 Å². The van der Waals surface area contributed by atoms with E-state index < -0.39 is 0 Å². The van der Waals surface area contributed by atoms with Crippen LogP contribution in [0.5, 0.6) is 0 Å². The van der Waals surface area contributed by atoms with Crippen molar-refractivity contribution in [3.8, 4) is 5.69 Å². The largest absolute Gasteiger partial charge is 0.330 e. The molecule has 0 saturated heterocycles. The van der Waals surface area contributed by atoms with Crippen LogP contribution in [-0.4, -0.2) is 16.3 Å². The van der Waals surface area contributed by atoms with Crippen LogP contribution in [0.4, 0.5) is 0 Å². The topological polar surface area (TPSA) is 43.8 Å². The SMILES string of the molecule is Cc1ccc(CCN)cc1-n1ncc2ccccc21. The van der Waals surface area contributed by atoms with Crippen molar-refractivity contribution < 1.29 is 0 Å². The van der Waals surface area contributed by atoms with E-state index in [1.165, 1.54) is 11.1 Å². The third-order valence-electron chi connectivity index (χ3n) is 3.41. The van der Waals surface area contributed by atoms with Gasteiger partial charge in [0.25, 0.3) is 0 Å². The number of hydrogen-bond donors (Lipinski definition) is 1. The number of fused-ring (bicyclic) bond motifs is 1. The lowest BCUT2D eigenvalue weighted by Crippen LogP contribution is -2.05. The molecule has 1 heterocycles. The Morgan fingerprint density at radius 2 is 2.00 bits per heavy atom. The van der Waals surface area contributed by atoms with E-state index >= 15 is 0 Å². The van der Waals surface area contributed by atoms with Crippen LogP contribution < -0.4 is 5.73 Å². The van der Waals surface area contributed by atoms with E-state index in [-0.39, 0.29) is 0 Å². The van der Waals surface area contributed by atoms with E-state index in [2.05, 4.69) is 42.4 Å². The Morgan fingerprint density at radius 1 is 1.16 bits per heavy atom. The summed E-state index contributed by atoms with van der Waals surface area (Å²) in [7, 11) is 0. The molecule has 0 radical (unpaired) electrons. The second-order valence-corrected chi connectivity index (χ2v) is 4.77. The maximum atomic E-state index is 5.64. The molecule has 0 bridgehead atoms. The highest BCUT2D eigenvalue weighted by Gasteiger charge is 2.07. The number of rotatable bonds is 3. The Bertz CT molecular complexity index is 713. The molecule has 19 heavy (non-hydrogen) atoms. The van der Waals surface area contributed by atoms with Gasteiger partial charge < -0.3 is 5.73 Å². The van der Waals surface area contributed by atoms with E-state index in [1.807, 2.05) is 23.0 Å². The highest BCUT2D eigenvalue weighted by Crippen LogP contribution is 2.21. The van der Waals surface area contributed by atoms with Gasteiger partial charge in [-0.05, 0) is 43.1 Å². The standard InChI is InChI=1S/C16H17N3/c1-12-6-7-13(8-9-17)10-16(12)19-15-5-3-2-4-14(15)11-18-19/h2-7,10-11H,8-9,17H2,1H3. The molecule has 0 unspecified atom stereocenters. The Balaban J connectivity index is 2.17. The zero-order valence-corrected chi connectivity index (χ0v) is 11.0. The molecule has 3 heteroatoms. The summed E-state index contributed by atoms with van der Waals surface area (Å²) in [6, 6.07) is 14.7. The van der Waals surface area contributed by atoms with Gasteiger partial charge in [-0.15, -0.1) is 0 Å². The molecule has 0 fully saturated rings. The monoisotopic (exact) mass is 251 g/mol. The molecule has 2 N–H and O–H groups in total. The molecular formula is C16H17N3. The van der Waals surface area contributed by atoms with E-state index in [4.69, 9.17) is 5.73 Å². The normalized spacial score (nSPS) is 11.1. The molecule has 0 atom stereocenters. The lowest BCUT2D eigenvalue weighted by atomic mass is 10.1. The van der Waals surface area contributed by atoms with E-state index in [9.17, 15) is 0 Å². The summed E-state index contributed by atoms with van der Waals surface area (Å²) in [6.45, 7) is 2.78. The first-order valence-corrected chi connectivity index (χ1v) is 6.52. The molecule has 3 nitrogen and oxygen atoms in total. The minimum Gasteiger partial charge on any atom is -0.330 e. The van der Waals surface area contributed by atoms with Gasteiger partial charge in [0.2, 0.25) is 0 Å². The first kappa shape index (κ1) is 11.9. The van der Waals surface area contributed by atoms with Crippen molar-refractivity contribution >= 4 is 10.9 Å². The fourth-order valence-electron chi connectivity index (χ4n) is 2.37. The zero-order valence-electron chi connectivity index (χ0n) is 11.0. The lowest BCUT2D eigenvalue weighted by molar-refractivity contribution is 0.892. The summed E-state index contributed by atoms with van der Waals surface area (Å²) in [4.78, 5) is 0. The Morgan fingerprint density at radius 3 is 2.84 bits per heavy atom. The summed E-state index contributed by atoms with van der Waals surface area (Å²) >= 11 is 0. The maximum absolute atomic E-state index is 5.64. The van der Waals surface area contributed by atoms with Crippen molar-refractivity contribution in [2.45, 2.75) is 13.3 Å². The summed E-state index contributed by atoms with van der Waals surface area (Å²) in [5.74, 6) is 0. The molecule has 0 spiro atoms. The fraction of sp³-hybridized carbons (Fsp3) is 0.188. The molecule has 0 saturated carbocycles. The highest BCUT2D eigenvalue weighted by molar-refractivity contribution is 5.80. The van der Waals surface area contributed by atoms with Gasteiger partial charge in [-0.25, -0.2) is 4.68 Å². The van der Waals surface area contributed by atoms with Crippen LogP contribution in [0.15, 0.2) is 48.7 Å². The summed E-state index contributed by atoms with van der Waals surface area (Å²) in [6.07, 6.45) is 2.80. The zero-order chi connectivity index (χ0) is 13.2. The predicted octanol–water partition coefficient (Wildman–Crippen LogP) is 2.84. The molecule has 0 aliphatic carbocycles. The smallest absolute Gasteiger partial charge is 0.0741 e. The van der Waals surface area contributed by atoms with Crippen molar-refractivity contribution in [3.05, 3.63) is 59.8 Å². The van der Waals surface area contributed by atoms with Crippen LogP contribution in [0.1, 0.15) is 11.1 Å². The molecule has 0 amide bonds. The molecule has 96 valence electrons. The minimum absolute atomic E-state index is 0.669. The van der Waals surface area contributed by atoms with E-state index in [1.54, 1.807) is 0 Å². The minimum atomic E-state index is 0.669. The lowest BCUT2D eigenvalue weighted by Gasteiger charge is -2.10. The molecule has 1 aromatic heterocycles. The summed E-state index contributed by atoms with van der Waals surface area (Å²) < 4.78 is 2.00. The van der Waals surface area contributed by atoms with Crippen LogP contribution in [0.2, 0.25) is 0 Å². The Kier molecular flexibility index (Phi) is 3.05. The van der Waals surface area contributed by atoms with Crippen LogP contribution in [-0.2, 0) is 6.42 Å². The predicted molar refractivity (Wildman–Crippen MR) is 78.6 cm³/mol. The molecule has 3 rings (SSSR count). The Hall–Kier alpha value is -2.13. The van der Waals surface area contributed by atoms with Crippen molar-refractivity contribution in [1.29, 1.82) is 0 Å². The van der Waals surface area contributed by atoms with Crippen LogP contribution in [0.3, 0.4) is 0 Å². The number of aromatic nitrogens is 2. The molecule has 0 aliphatic heterocycles. The number of nitrogens with two attached hydrogens (primary N) is 1. The summed E-state index contributed by atoms with van der Waals surface area (Å²) in [5, 5.41) is 5.67. The number of nitrogens with zero attached hydrogens (tertiary/aromatic N) is 2. The average Bonchev–Trinajstić information content (AvgIpc) is 2.85. The molecule has 0 aliphatic rings. The third-order valence-corrected chi connectivity index (χ3v) is 3.41. The first-order chi connectivity index (χ1) is 9.29. The number of para-hydroxylation sites is 1. The van der Waals surface area contributed by atoms with Gasteiger partial charge in [0.15, 0.2) is 0 Å². The van der Waals surface area contributed by atoms with Crippen molar-refractivity contribution in [2.75, 3.05) is 6.54 Å². The first-order valence-electron chi connectivity index (χ1n) is 6.52. The average molecular weight is 251 g/mol. The fourth-order valence-corrected chi connectivity index (χ4v) is 2.37. The molecular weight excluding hydrogens is 234 g/mol. The number of hydrogen-bond acceptors (Lipinski definition) is 2.